The maximum Gasteiger partial charge on any atom is 0.115 e. The standard InChI is InChI=1S/C16H12O/c1-13(15-5-3-2-4-6-15)7-8-14-9-11-16(17)12-10-14/h2-6,9-12,17H,1H2. The molecule has 2 aromatic rings. The summed E-state index contributed by atoms with van der Waals surface area (Å²) >= 11 is 0. The molecule has 0 saturated carbocycles. The Morgan fingerprint density at radius 3 is 2.24 bits per heavy atom. The van der Waals surface area contributed by atoms with E-state index in [0.29, 0.717) is 0 Å². The molecule has 0 spiro atoms. The highest BCUT2D eigenvalue weighted by molar-refractivity contribution is 5.77. The van der Waals surface area contributed by atoms with Crippen molar-refractivity contribution >= 4 is 5.57 Å². The van der Waals surface area contributed by atoms with Gasteiger partial charge in [0.25, 0.3) is 0 Å². The number of hydrogen-bond acceptors (Lipinski definition) is 1. The van der Waals surface area contributed by atoms with E-state index in [9.17, 15) is 0 Å². The SMILES string of the molecule is C=C(C#Cc1ccc(O)cc1)c1ccccc1. The number of rotatable bonds is 1. The maximum absolute atomic E-state index is 9.15. The summed E-state index contributed by atoms with van der Waals surface area (Å²) < 4.78 is 0. The summed E-state index contributed by atoms with van der Waals surface area (Å²) in [7, 11) is 0. The van der Waals surface area contributed by atoms with Crippen molar-refractivity contribution in [3.8, 4) is 17.6 Å². The lowest BCUT2D eigenvalue weighted by Gasteiger charge is -1.96. The second kappa shape index (κ2) is 5.05. The van der Waals surface area contributed by atoms with E-state index in [1.807, 2.05) is 30.3 Å². The minimum Gasteiger partial charge on any atom is -0.508 e. The van der Waals surface area contributed by atoms with E-state index in [0.717, 1.165) is 16.7 Å². The number of hydrogen-bond donors (Lipinski definition) is 1. The largest absolute Gasteiger partial charge is 0.508 e. The van der Waals surface area contributed by atoms with Crippen LogP contribution in [0, 0.1) is 11.8 Å². The van der Waals surface area contributed by atoms with E-state index < -0.39 is 0 Å². The fraction of sp³-hybridized carbons (Fsp3) is 0. The molecular formula is C16H12O. The second-order valence-electron chi connectivity index (χ2n) is 3.64. The van der Waals surface area contributed by atoms with Crippen molar-refractivity contribution in [1.82, 2.24) is 0 Å². The van der Waals surface area contributed by atoms with E-state index in [2.05, 4.69) is 18.4 Å². The van der Waals surface area contributed by atoms with Gasteiger partial charge in [-0.2, -0.15) is 0 Å². The molecule has 0 aromatic heterocycles. The van der Waals surface area contributed by atoms with Crippen molar-refractivity contribution in [2.45, 2.75) is 0 Å². The van der Waals surface area contributed by atoms with Gasteiger partial charge < -0.3 is 5.11 Å². The van der Waals surface area contributed by atoms with Crippen molar-refractivity contribution in [2.75, 3.05) is 0 Å². The number of aromatic hydroxyl groups is 1. The lowest BCUT2D eigenvalue weighted by molar-refractivity contribution is 0.475. The van der Waals surface area contributed by atoms with Gasteiger partial charge in [0, 0.05) is 11.1 Å². The Morgan fingerprint density at radius 1 is 0.941 bits per heavy atom. The van der Waals surface area contributed by atoms with Gasteiger partial charge in [0.1, 0.15) is 5.75 Å². The van der Waals surface area contributed by atoms with Gasteiger partial charge in [0.05, 0.1) is 0 Å². The van der Waals surface area contributed by atoms with Gasteiger partial charge in [-0.05, 0) is 29.8 Å². The normalized spacial score (nSPS) is 9.18. The second-order valence-corrected chi connectivity index (χ2v) is 3.64. The predicted octanol–water partition coefficient (Wildman–Crippen LogP) is 3.46. The zero-order chi connectivity index (χ0) is 12.1. The summed E-state index contributed by atoms with van der Waals surface area (Å²) in [5.74, 6) is 6.27. The molecule has 0 aliphatic rings. The van der Waals surface area contributed by atoms with Gasteiger partial charge in [-0.15, -0.1) is 0 Å². The molecule has 2 rings (SSSR count). The van der Waals surface area contributed by atoms with E-state index in [1.54, 1.807) is 24.3 Å². The molecule has 0 saturated heterocycles. The number of benzene rings is 2. The number of phenolic OH excluding ortho intramolecular Hbond substituents is 1. The van der Waals surface area contributed by atoms with Crippen LogP contribution in [-0.4, -0.2) is 5.11 Å². The Kier molecular flexibility index (Phi) is 3.28. The minimum absolute atomic E-state index is 0.248. The molecule has 1 nitrogen and oxygen atoms in total. The molecule has 0 radical (unpaired) electrons. The average molecular weight is 220 g/mol. The van der Waals surface area contributed by atoms with Crippen LogP contribution in [-0.2, 0) is 0 Å². The Bertz CT molecular complexity index is 568. The summed E-state index contributed by atoms with van der Waals surface area (Å²) in [5, 5.41) is 9.15. The van der Waals surface area contributed by atoms with E-state index in [-0.39, 0.29) is 5.75 Å². The predicted molar refractivity (Wildman–Crippen MR) is 70.5 cm³/mol. The van der Waals surface area contributed by atoms with Crippen LogP contribution in [0.15, 0.2) is 61.2 Å². The Balaban J connectivity index is 2.17. The lowest BCUT2D eigenvalue weighted by Crippen LogP contribution is -1.78. The summed E-state index contributed by atoms with van der Waals surface area (Å²) in [6, 6.07) is 16.6. The van der Waals surface area contributed by atoms with Gasteiger partial charge in [0.15, 0.2) is 0 Å². The molecular weight excluding hydrogens is 208 g/mol. The smallest absolute Gasteiger partial charge is 0.115 e. The first-order valence-corrected chi connectivity index (χ1v) is 5.31. The summed E-state index contributed by atoms with van der Waals surface area (Å²) in [6.45, 7) is 3.93. The average Bonchev–Trinajstić information content (AvgIpc) is 2.39. The molecule has 0 atom stereocenters. The van der Waals surface area contributed by atoms with E-state index in [4.69, 9.17) is 5.11 Å². The maximum atomic E-state index is 9.15. The Morgan fingerprint density at radius 2 is 1.59 bits per heavy atom. The van der Waals surface area contributed by atoms with E-state index in [1.165, 1.54) is 0 Å². The molecule has 0 aliphatic carbocycles. The van der Waals surface area contributed by atoms with Crippen LogP contribution >= 0.6 is 0 Å². The molecule has 0 bridgehead atoms. The van der Waals surface area contributed by atoms with Crippen molar-refractivity contribution in [2.24, 2.45) is 0 Å². The Hall–Kier alpha value is -2.46. The molecule has 0 heterocycles. The third kappa shape index (κ3) is 2.99. The summed E-state index contributed by atoms with van der Waals surface area (Å²) in [6.07, 6.45) is 0. The molecule has 0 amide bonds. The first-order chi connectivity index (χ1) is 8.25. The minimum atomic E-state index is 0.248. The van der Waals surface area contributed by atoms with Crippen LogP contribution in [0.2, 0.25) is 0 Å². The third-order valence-electron chi connectivity index (χ3n) is 2.35. The van der Waals surface area contributed by atoms with Gasteiger partial charge in [-0.25, -0.2) is 0 Å². The molecule has 1 heteroatoms. The van der Waals surface area contributed by atoms with Crippen LogP contribution < -0.4 is 0 Å². The van der Waals surface area contributed by atoms with Gasteiger partial charge in [-0.1, -0.05) is 48.8 Å². The molecule has 17 heavy (non-hydrogen) atoms. The summed E-state index contributed by atoms with van der Waals surface area (Å²) in [5.41, 5.74) is 2.68. The summed E-state index contributed by atoms with van der Waals surface area (Å²) in [4.78, 5) is 0. The molecule has 0 unspecified atom stereocenters. The van der Waals surface area contributed by atoms with Gasteiger partial charge >= 0.3 is 0 Å². The van der Waals surface area contributed by atoms with E-state index >= 15 is 0 Å². The zero-order valence-corrected chi connectivity index (χ0v) is 9.35. The van der Waals surface area contributed by atoms with Crippen LogP contribution in [0.25, 0.3) is 5.57 Å². The quantitative estimate of drug-likeness (QED) is 0.730. The molecule has 1 N–H and O–H groups in total. The number of allylic oxidation sites excluding steroid dienone is 1. The van der Waals surface area contributed by atoms with Crippen LogP contribution in [0.1, 0.15) is 11.1 Å². The highest BCUT2D eigenvalue weighted by atomic mass is 16.3. The van der Waals surface area contributed by atoms with Crippen molar-refractivity contribution in [3.05, 3.63) is 72.3 Å². The monoisotopic (exact) mass is 220 g/mol. The van der Waals surface area contributed by atoms with Crippen LogP contribution in [0.5, 0.6) is 5.75 Å². The first kappa shape index (κ1) is 11.0. The Labute approximate surface area is 101 Å². The van der Waals surface area contributed by atoms with Crippen molar-refractivity contribution in [1.29, 1.82) is 0 Å². The van der Waals surface area contributed by atoms with Crippen LogP contribution in [0.3, 0.4) is 0 Å². The highest BCUT2D eigenvalue weighted by Gasteiger charge is 1.92. The van der Waals surface area contributed by atoms with Crippen LogP contribution in [0.4, 0.5) is 0 Å². The lowest BCUT2D eigenvalue weighted by atomic mass is 10.1. The highest BCUT2D eigenvalue weighted by Crippen LogP contribution is 2.11. The van der Waals surface area contributed by atoms with Crippen molar-refractivity contribution in [3.63, 3.8) is 0 Å². The molecule has 2 aromatic carbocycles. The van der Waals surface area contributed by atoms with Gasteiger partial charge in [0.2, 0.25) is 0 Å². The zero-order valence-electron chi connectivity index (χ0n) is 9.35. The number of phenols is 1. The third-order valence-corrected chi connectivity index (χ3v) is 2.35. The van der Waals surface area contributed by atoms with Crippen molar-refractivity contribution < 1.29 is 5.11 Å². The fourth-order valence-electron chi connectivity index (χ4n) is 1.40. The molecule has 0 aliphatic heterocycles. The first-order valence-electron chi connectivity index (χ1n) is 5.31. The molecule has 0 fully saturated rings. The van der Waals surface area contributed by atoms with Gasteiger partial charge in [-0.3, -0.25) is 0 Å². The fourth-order valence-corrected chi connectivity index (χ4v) is 1.40. The topological polar surface area (TPSA) is 20.2 Å². The molecule has 82 valence electrons.